The number of non-ortho nitro benzene ring substituents is 1. The van der Waals surface area contributed by atoms with Crippen LogP contribution in [0.5, 0.6) is 0 Å². The molecule has 1 N–H and O–H groups in total. The highest BCUT2D eigenvalue weighted by molar-refractivity contribution is 7.15. The zero-order chi connectivity index (χ0) is 22.7. The second-order valence-electron chi connectivity index (χ2n) is 7.36. The minimum absolute atomic E-state index is 0.0145. The molecule has 2 amide bonds. The fourth-order valence-electron chi connectivity index (χ4n) is 3.39. The Kier molecular flexibility index (Phi) is 6.04. The minimum Gasteiger partial charge on any atom is -0.312 e. The van der Waals surface area contributed by atoms with Crippen LogP contribution in [0.15, 0.2) is 54.6 Å². The molecule has 4 rings (SSSR count). The normalized spacial score (nSPS) is 16.0. The van der Waals surface area contributed by atoms with Crippen molar-refractivity contribution in [2.24, 2.45) is 0 Å². The molecule has 162 valence electrons. The minimum atomic E-state index is -0.481. The molecule has 1 fully saturated rings. The number of carbonyl (C=O) groups is 2. The van der Waals surface area contributed by atoms with E-state index in [1.54, 1.807) is 23.1 Å². The summed E-state index contributed by atoms with van der Waals surface area (Å²) in [5.41, 5.74) is 2.59. The van der Waals surface area contributed by atoms with Crippen LogP contribution in [0.3, 0.4) is 0 Å². The van der Waals surface area contributed by atoms with Crippen molar-refractivity contribution >= 4 is 45.7 Å². The van der Waals surface area contributed by atoms with Crippen molar-refractivity contribution in [3.63, 3.8) is 0 Å². The average molecular weight is 449 g/mol. The summed E-state index contributed by atoms with van der Waals surface area (Å²) < 4.78 is 0. The number of anilines is 2. The smallest absolute Gasteiger partial charge is 0.269 e. The highest BCUT2D eigenvalue weighted by atomic mass is 32.1. The number of nitro groups is 1. The molecule has 32 heavy (non-hydrogen) atoms. The summed E-state index contributed by atoms with van der Waals surface area (Å²) in [4.78, 5) is 36.6. The fraction of sp³-hybridized carbons (Fsp3) is 0.182. The number of rotatable bonds is 6. The van der Waals surface area contributed by atoms with E-state index in [1.807, 2.05) is 31.2 Å². The number of hydrogen-bond acceptors (Lipinski definition) is 7. The second kappa shape index (κ2) is 9.06. The van der Waals surface area contributed by atoms with Crippen LogP contribution in [-0.2, 0) is 9.59 Å². The Balaban J connectivity index is 1.37. The van der Waals surface area contributed by atoms with Crippen molar-refractivity contribution in [2.75, 3.05) is 16.8 Å². The lowest BCUT2D eigenvalue weighted by Crippen LogP contribution is -2.24. The number of nitrogens with one attached hydrogen (secondary N) is 1. The maximum Gasteiger partial charge on any atom is 0.269 e. The number of aryl methyl sites for hydroxylation is 1. The van der Waals surface area contributed by atoms with E-state index in [0.29, 0.717) is 28.7 Å². The Hall–Kier alpha value is -3.92. The standard InChI is InChI=1S/C22H19N5O4S/c1-14-3-2-4-18(11-14)26-13-16(12-20(26)29)21-24-25-22(32-21)23-19(28)10-7-15-5-8-17(9-6-15)27(30)31/h2-11,16H,12-13H2,1H3,(H,23,25,28)/b10-7+. The molecule has 0 radical (unpaired) electrons. The fourth-order valence-corrected chi connectivity index (χ4v) is 4.23. The second-order valence-corrected chi connectivity index (χ2v) is 8.37. The SMILES string of the molecule is Cc1cccc(N2CC(c3nnc(NC(=O)/C=C/c4ccc([N+](=O)[O-])cc4)s3)CC2=O)c1. The number of aromatic nitrogens is 2. The lowest BCUT2D eigenvalue weighted by molar-refractivity contribution is -0.384. The van der Waals surface area contributed by atoms with E-state index in [1.165, 1.54) is 29.5 Å². The van der Waals surface area contributed by atoms with E-state index in [0.717, 1.165) is 11.3 Å². The third-order valence-corrected chi connectivity index (χ3v) is 5.99. The number of benzene rings is 2. The van der Waals surface area contributed by atoms with Gasteiger partial charge in [0.25, 0.3) is 5.69 Å². The Bertz CT molecular complexity index is 1210. The highest BCUT2D eigenvalue weighted by Crippen LogP contribution is 2.34. The van der Waals surface area contributed by atoms with E-state index in [9.17, 15) is 19.7 Å². The van der Waals surface area contributed by atoms with Crippen molar-refractivity contribution in [1.82, 2.24) is 10.2 Å². The molecular formula is C22H19N5O4S. The summed E-state index contributed by atoms with van der Waals surface area (Å²) in [5.74, 6) is -0.441. The van der Waals surface area contributed by atoms with Crippen LogP contribution in [0.2, 0.25) is 0 Å². The summed E-state index contributed by atoms with van der Waals surface area (Å²) in [6, 6.07) is 13.7. The maximum atomic E-state index is 12.5. The first-order chi connectivity index (χ1) is 15.4. The Morgan fingerprint density at radius 2 is 2.03 bits per heavy atom. The predicted octanol–water partition coefficient (Wildman–Crippen LogP) is 3.93. The largest absolute Gasteiger partial charge is 0.312 e. The molecule has 1 saturated heterocycles. The van der Waals surface area contributed by atoms with Gasteiger partial charge in [-0.15, -0.1) is 10.2 Å². The molecule has 2 heterocycles. The van der Waals surface area contributed by atoms with Gasteiger partial charge in [0.15, 0.2) is 0 Å². The quantitative estimate of drug-likeness (QED) is 0.346. The monoisotopic (exact) mass is 449 g/mol. The van der Waals surface area contributed by atoms with Gasteiger partial charge in [-0.2, -0.15) is 0 Å². The molecule has 1 unspecified atom stereocenters. The number of nitrogens with zero attached hydrogens (tertiary/aromatic N) is 4. The van der Waals surface area contributed by atoms with E-state index < -0.39 is 10.8 Å². The number of hydrogen-bond donors (Lipinski definition) is 1. The molecule has 0 saturated carbocycles. The Morgan fingerprint density at radius 3 is 2.75 bits per heavy atom. The van der Waals surface area contributed by atoms with Crippen molar-refractivity contribution in [3.05, 3.63) is 80.9 Å². The molecular weight excluding hydrogens is 430 g/mol. The summed E-state index contributed by atoms with van der Waals surface area (Å²) in [5, 5.41) is 22.6. The van der Waals surface area contributed by atoms with Gasteiger partial charge in [0, 0.05) is 42.8 Å². The number of nitro benzene ring substituents is 1. The van der Waals surface area contributed by atoms with Gasteiger partial charge in [0.1, 0.15) is 5.01 Å². The Morgan fingerprint density at radius 1 is 1.25 bits per heavy atom. The van der Waals surface area contributed by atoms with E-state index in [2.05, 4.69) is 15.5 Å². The summed E-state index contributed by atoms with van der Waals surface area (Å²) in [7, 11) is 0. The van der Waals surface area contributed by atoms with E-state index in [4.69, 9.17) is 0 Å². The molecule has 3 aromatic rings. The van der Waals surface area contributed by atoms with Gasteiger partial charge in [0.05, 0.1) is 4.92 Å². The first-order valence-corrected chi connectivity index (χ1v) is 10.6. The number of carbonyl (C=O) groups excluding carboxylic acids is 2. The zero-order valence-electron chi connectivity index (χ0n) is 17.1. The van der Waals surface area contributed by atoms with Gasteiger partial charge in [-0.3, -0.25) is 25.0 Å². The Labute approximate surface area is 187 Å². The van der Waals surface area contributed by atoms with Gasteiger partial charge in [-0.05, 0) is 48.4 Å². The van der Waals surface area contributed by atoms with Gasteiger partial charge >= 0.3 is 0 Å². The molecule has 1 aliphatic rings. The summed E-state index contributed by atoms with van der Waals surface area (Å²) >= 11 is 1.25. The predicted molar refractivity (Wildman–Crippen MR) is 122 cm³/mol. The van der Waals surface area contributed by atoms with Crippen LogP contribution in [0.4, 0.5) is 16.5 Å². The third-order valence-electron chi connectivity index (χ3n) is 4.99. The van der Waals surface area contributed by atoms with Crippen LogP contribution in [-0.4, -0.2) is 33.5 Å². The molecule has 0 aliphatic carbocycles. The first kappa shape index (κ1) is 21.3. The molecule has 1 aromatic heterocycles. The van der Waals surface area contributed by atoms with Gasteiger partial charge in [-0.1, -0.05) is 23.5 Å². The zero-order valence-corrected chi connectivity index (χ0v) is 17.9. The molecule has 1 atom stereocenters. The van der Waals surface area contributed by atoms with Crippen molar-refractivity contribution in [1.29, 1.82) is 0 Å². The molecule has 10 heteroatoms. The van der Waals surface area contributed by atoms with Gasteiger partial charge in [-0.25, -0.2) is 0 Å². The third kappa shape index (κ3) is 4.86. The molecule has 9 nitrogen and oxygen atoms in total. The van der Waals surface area contributed by atoms with Crippen LogP contribution in [0, 0.1) is 17.0 Å². The summed E-state index contributed by atoms with van der Waals surface area (Å²) in [6.07, 6.45) is 3.22. The summed E-state index contributed by atoms with van der Waals surface area (Å²) in [6.45, 7) is 2.50. The van der Waals surface area contributed by atoms with Crippen LogP contribution in [0.25, 0.3) is 6.08 Å². The van der Waals surface area contributed by atoms with E-state index in [-0.39, 0.29) is 17.5 Å². The molecule has 0 bridgehead atoms. The lowest BCUT2D eigenvalue weighted by atomic mass is 10.1. The van der Waals surface area contributed by atoms with E-state index >= 15 is 0 Å². The average Bonchev–Trinajstić information content (AvgIpc) is 3.39. The van der Waals surface area contributed by atoms with Crippen LogP contribution < -0.4 is 10.2 Å². The molecule has 0 spiro atoms. The highest BCUT2D eigenvalue weighted by Gasteiger charge is 2.34. The maximum absolute atomic E-state index is 12.5. The topological polar surface area (TPSA) is 118 Å². The van der Waals surface area contributed by atoms with Gasteiger partial charge in [0.2, 0.25) is 16.9 Å². The van der Waals surface area contributed by atoms with Crippen molar-refractivity contribution < 1.29 is 14.5 Å². The van der Waals surface area contributed by atoms with Crippen molar-refractivity contribution in [3.8, 4) is 0 Å². The number of amides is 2. The molecule has 2 aromatic carbocycles. The van der Waals surface area contributed by atoms with Crippen molar-refractivity contribution in [2.45, 2.75) is 19.3 Å². The van der Waals surface area contributed by atoms with Crippen LogP contribution in [0.1, 0.15) is 28.5 Å². The first-order valence-electron chi connectivity index (χ1n) is 9.83. The molecule has 1 aliphatic heterocycles. The lowest BCUT2D eigenvalue weighted by Gasteiger charge is -2.16. The van der Waals surface area contributed by atoms with Gasteiger partial charge < -0.3 is 4.90 Å². The van der Waals surface area contributed by atoms with Crippen LogP contribution >= 0.6 is 11.3 Å².